The summed E-state index contributed by atoms with van der Waals surface area (Å²) in [7, 11) is 0. The van der Waals surface area contributed by atoms with Crippen molar-refractivity contribution in [3.05, 3.63) is 48.2 Å². The number of esters is 1. The number of aromatic nitrogens is 1. The second kappa shape index (κ2) is 6.88. The van der Waals surface area contributed by atoms with Gasteiger partial charge >= 0.3 is 5.97 Å². The highest BCUT2D eigenvalue weighted by Gasteiger charge is 2.27. The van der Waals surface area contributed by atoms with Crippen LogP contribution in [0.5, 0.6) is 0 Å². The molecule has 1 aliphatic rings. The molecular weight excluding hydrogens is 308 g/mol. The number of aliphatic hydroxyl groups is 1. The highest BCUT2D eigenvalue weighted by Crippen LogP contribution is 2.26. The van der Waals surface area contributed by atoms with E-state index in [1.54, 1.807) is 6.07 Å². The number of benzene rings is 1. The SMILES string of the molecule is NC(=O)c1ccn(CCC2CC(O)CC(=O)O2)c1-c1ccccc1. The summed E-state index contributed by atoms with van der Waals surface area (Å²) in [6.45, 7) is 0.558. The topological polar surface area (TPSA) is 94.5 Å². The molecule has 6 heteroatoms. The van der Waals surface area contributed by atoms with Gasteiger partial charge in [-0.05, 0) is 11.6 Å². The number of aliphatic hydroxyl groups excluding tert-OH is 1. The van der Waals surface area contributed by atoms with Crippen molar-refractivity contribution in [1.82, 2.24) is 4.57 Å². The average Bonchev–Trinajstić information content (AvgIpc) is 2.97. The Hall–Kier alpha value is -2.60. The molecule has 126 valence electrons. The van der Waals surface area contributed by atoms with E-state index in [9.17, 15) is 14.7 Å². The van der Waals surface area contributed by atoms with E-state index < -0.39 is 12.0 Å². The number of aryl methyl sites for hydroxylation is 1. The lowest BCUT2D eigenvalue weighted by Crippen LogP contribution is -2.33. The zero-order chi connectivity index (χ0) is 17.1. The molecule has 0 radical (unpaired) electrons. The van der Waals surface area contributed by atoms with E-state index >= 15 is 0 Å². The van der Waals surface area contributed by atoms with Gasteiger partial charge in [0.2, 0.25) is 0 Å². The molecule has 0 bridgehead atoms. The maximum atomic E-state index is 11.7. The van der Waals surface area contributed by atoms with Gasteiger partial charge < -0.3 is 20.1 Å². The van der Waals surface area contributed by atoms with Crippen molar-refractivity contribution in [2.24, 2.45) is 5.73 Å². The van der Waals surface area contributed by atoms with Crippen LogP contribution in [0.2, 0.25) is 0 Å². The van der Waals surface area contributed by atoms with Crippen molar-refractivity contribution in [2.45, 2.75) is 38.0 Å². The fourth-order valence-electron chi connectivity index (χ4n) is 3.10. The Morgan fingerprint density at radius 1 is 1.29 bits per heavy atom. The van der Waals surface area contributed by atoms with Crippen LogP contribution in [-0.2, 0) is 16.1 Å². The molecule has 1 saturated heterocycles. The predicted octanol–water partition coefficient (Wildman–Crippen LogP) is 1.71. The molecule has 2 unspecified atom stereocenters. The summed E-state index contributed by atoms with van der Waals surface area (Å²) in [5.41, 5.74) is 7.60. The number of primary amides is 1. The third-order valence-corrected chi connectivity index (χ3v) is 4.20. The minimum Gasteiger partial charge on any atom is -0.462 e. The minimum atomic E-state index is -0.643. The van der Waals surface area contributed by atoms with Crippen molar-refractivity contribution >= 4 is 11.9 Å². The largest absolute Gasteiger partial charge is 0.462 e. The van der Waals surface area contributed by atoms with Gasteiger partial charge in [0, 0.05) is 25.6 Å². The molecule has 0 saturated carbocycles. The van der Waals surface area contributed by atoms with E-state index in [1.807, 2.05) is 41.1 Å². The molecule has 1 aromatic heterocycles. The number of nitrogens with two attached hydrogens (primary N) is 1. The van der Waals surface area contributed by atoms with Crippen LogP contribution < -0.4 is 5.73 Å². The third-order valence-electron chi connectivity index (χ3n) is 4.20. The van der Waals surface area contributed by atoms with Gasteiger partial charge in [0.05, 0.1) is 23.8 Å². The number of hydrogen-bond donors (Lipinski definition) is 2. The van der Waals surface area contributed by atoms with Crippen LogP contribution in [0.3, 0.4) is 0 Å². The van der Waals surface area contributed by atoms with Crippen molar-refractivity contribution in [3.8, 4) is 11.3 Å². The molecule has 3 rings (SSSR count). The summed E-state index contributed by atoms with van der Waals surface area (Å²) in [6, 6.07) is 11.2. The number of amides is 1. The van der Waals surface area contributed by atoms with E-state index in [0.717, 1.165) is 11.3 Å². The normalized spacial score (nSPS) is 20.6. The molecule has 3 N–H and O–H groups in total. The third kappa shape index (κ3) is 3.49. The van der Waals surface area contributed by atoms with E-state index in [2.05, 4.69) is 0 Å². The number of hydrogen-bond acceptors (Lipinski definition) is 4. The number of nitrogens with zero attached hydrogens (tertiary/aromatic N) is 1. The molecule has 2 aromatic rings. The minimum absolute atomic E-state index is 0.0567. The van der Waals surface area contributed by atoms with Gasteiger partial charge in [0.1, 0.15) is 6.10 Å². The van der Waals surface area contributed by atoms with Crippen LogP contribution in [0.25, 0.3) is 11.3 Å². The zero-order valence-corrected chi connectivity index (χ0v) is 13.2. The number of ether oxygens (including phenoxy) is 1. The summed E-state index contributed by atoms with van der Waals surface area (Å²) in [6.07, 6.45) is 1.91. The van der Waals surface area contributed by atoms with Crippen LogP contribution in [0.4, 0.5) is 0 Å². The van der Waals surface area contributed by atoms with Crippen LogP contribution in [0.15, 0.2) is 42.6 Å². The van der Waals surface area contributed by atoms with E-state index in [1.165, 1.54) is 0 Å². The first-order valence-corrected chi connectivity index (χ1v) is 7.96. The molecule has 1 aliphatic heterocycles. The van der Waals surface area contributed by atoms with Gasteiger partial charge in [-0.15, -0.1) is 0 Å². The molecular formula is C18H20N2O4. The predicted molar refractivity (Wildman–Crippen MR) is 88.1 cm³/mol. The van der Waals surface area contributed by atoms with Crippen LogP contribution in [0.1, 0.15) is 29.6 Å². The lowest BCUT2D eigenvalue weighted by atomic mass is 10.0. The maximum Gasteiger partial charge on any atom is 0.308 e. The van der Waals surface area contributed by atoms with Crippen LogP contribution in [0, 0.1) is 0 Å². The summed E-state index contributed by atoms with van der Waals surface area (Å²) in [5, 5.41) is 9.69. The molecule has 24 heavy (non-hydrogen) atoms. The Balaban J connectivity index is 1.81. The molecule has 1 amide bonds. The smallest absolute Gasteiger partial charge is 0.308 e. The number of cyclic esters (lactones) is 1. The highest BCUT2D eigenvalue weighted by molar-refractivity contribution is 5.99. The molecule has 6 nitrogen and oxygen atoms in total. The van der Waals surface area contributed by atoms with Crippen LogP contribution in [-0.4, -0.2) is 33.8 Å². The van der Waals surface area contributed by atoms with Gasteiger partial charge in [0.25, 0.3) is 5.91 Å². The summed E-state index contributed by atoms with van der Waals surface area (Å²) < 4.78 is 7.21. The number of carbonyl (C=O) groups excluding carboxylic acids is 2. The monoisotopic (exact) mass is 328 g/mol. The molecule has 0 aliphatic carbocycles. The fourth-order valence-corrected chi connectivity index (χ4v) is 3.10. The Labute approximate surface area is 139 Å². The first-order chi connectivity index (χ1) is 11.5. The maximum absolute atomic E-state index is 11.7. The molecule has 2 heterocycles. The molecule has 0 spiro atoms. The number of carbonyl (C=O) groups is 2. The molecule has 1 fully saturated rings. The van der Waals surface area contributed by atoms with E-state index in [0.29, 0.717) is 24.9 Å². The molecule has 1 aromatic carbocycles. The first kappa shape index (κ1) is 16.3. The zero-order valence-electron chi connectivity index (χ0n) is 13.2. The highest BCUT2D eigenvalue weighted by atomic mass is 16.5. The fraction of sp³-hybridized carbons (Fsp3) is 0.333. The lowest BCUT2D eigenvalue weighted by Gasteiger charge is -2.26. The second-order valence-corrected chi connectivity index (χ2v) is 6.00. The Morgan fingerprint density at radius 2 is 2.04 bits per heavy atom. The van der Waals surface area contributed by atoms with Crippen LogP contribution >= 0.6 is 0 Å². The van der Waals surface area contributed by atoms with Gasteiger partial charge in [-0.2, -0.15) is 0 Å². The van der Waals surface area contributed by atoms with E-state index in [-0.39, 0.29) is 18.5 Å². The average molecular weight is 328 g/mol. The summed E-state index contributed by atoms with van der Waals surface area (Å²) >= 11 is 0. The van der Waals surface area contributed by atoms with Gasteiger partial charge in [-0.25, -0.2) is 0 Å². The Kier molecular flexibility index (Phi) is 4.66. The summed E-state index contributed by atoms with van der Waals surface area (Å²) in [5.74, 6) is -0.848. The summed E-state index contributed by atoms with van der Waals surface area (Å²) in [4.78, 5) is 23.1. The van der Waals surface area contributed by atoms with Crippen molar-refractivity contribution < 1.29 is 19.4 Å². The lowest BCUT2D eigenvalue weighted by molar-refractivity contribution is -0.160. The van der Waals surface area contributed by atoms with Crippen molar-refractivity contribution in [2.75, 3.05) is 0 Å². The Morgan fingerprint density at radius 3 is 2.71 bits per heavy atom. The van der Waals surface area contributed by atoms with E-state index in [4.69, 9.17) is 10.5 Å². The van der Waals surface area contributed by atoms with Gasteiger partial charge in [-0.3, -0.25) is 9.59 Å². The second-order valence-electron chi connectivity index (χ2n) is 6.00. The first-order valence-electron chi connectivity index (χ1n) is 7.96. The van der Waals surface area contributed by atoms with Crippen molar-refractivity contribution in [1.29, 1.82) is 0 Å². The van der Waals surface area contributed by atoms with Gasteiger partial charge in [0.15, 0.2) is 0 Å². The van der Waals surface area contributed by atoms with Gasteiger partial charge in [-0.1, -0.05) is 30.3 Å². The number of rotatable bonds is 5. The Bertz CT molecular complexity index is 739. The quantitative estimate of drug-likeness (QED) is 0.817. The van der Waals surface area contributed by atoms with Crippen molar-refractivity contribution in [3.63, 3.8) is 0 Å². The molecule has 2 atom stereocenters. The standard InChI is InChI=1S/C18H20N2O4/c19-18(23)15-7-9-20(17(15)12-4-2-1-3-5-12)8-6-14-10-13(21)11-16(22)24-14/h1-5,7,9,13-14,21H,6,8,10-11H2,(H2,19,23).